The number of nitrogens with one attached hydrogen (secondary N) is 1. The van der Waals surface area contributed by atoms with E-state index >= 15 is 0 Å². The predicted molar refractivity (Wildman–Crippen MR) is 98.3 cm³/mol. The highest BCUT2D eigenvalue weighted by atomic mass is 19.3. The summed E-state index contributed by atoms with van der Waals surface area (Å²) in [5.74, 6) is -2.10. The zero-order chi connectivity index (χ0) is 21.5. The van der Waals surface area contributed by atoms with E-state index in [0.29, 0.717) is 12.5 Å². The van der Waals surface area contributed by atoms with Gasteiger partial charge in [0.25, 0.3) is 11.8 Å². The predicted octanol–water partition coefficient (Wildman–Crippen LogP) is 1.71. The van der Waals surface area contributed by atoms with Crippen LogP contribution in [0, 0.1) is 5.92 Å². The monoisotopic (exact) mass is 425 g/mol. The molecule has 11 nitrogen and oxygen atoms in total. The summed E-state index contributed by atoms with van der Waals surface area (Å²) < 4.78 is 42.1. The van der Waals surface area contributed by atoms with Crippen LogP contribution in [0.15, 0.2) is 10.7 Å². The van der Waals surface area contributed by atoms with Crippen molar-refractivity contribution in [3.63, 3.8) is 0 Å². The molecule has 1 aliphatic heterocycles. The first-order chi connectivity index (χ1) is 14.1. The first-order valence-electron chi connectivity index (χ1n) is 9.33. The zero-order valence-corrected chi connectivity index (χ0v) is 16.4. The lowest BCUT2D eigenvalue weighted by molar-refractivity contribution is -0.0270. The minimum atomic E-state index is -2.77. The summed E-state index contributed by atoms with van der Waals surface area (Å²) in [4.78, 5) is 25.8. The molecule has 0 unspecified atom stereocenters. The number of nitrogen functional groups attached to an aromatic ring is 1. The number of carbonyl (C=O) groups excluding carboxylic acids is 1. The van der Waals surface area contributed by atoms with Crippen molar-refractivity contribution in [3.8, 4) is 11.8 Å². The number of rotatable bonds is 7. The van der Waals surface area contributed by atoms with Crippen LogP contribution in [-0.4, -0.2) is 51.8 Å². The van der Waals surface area contributed by atoms with Crippen molar-refractivity contribution >= 4 is 17.9 Å². The van der Waals surface area contributed by atoms with E-state index in [1.54, 1.807) is 13.8 Å². The van der Waals surface area contributed by atoms with E-state index in [1.165, 1.54) is 11.1 Å². The van der Waals surface area contributed by atoms with Gasteiger partial charge in [0, 0.05) is 0 Å². The summed E-state index contributed by atoms with van der Waals surface area (Å²) in [7, 11) is 0. The van der Waals surface area contributed by atoms with Gasteiger partial charge in [0.2, 0.25) is 5.88 Å². The summed E-state index contributed by atoms with van der Waals surface area (Å²) in [6.07, 6.45) is 2.40. The van der Waals surface area contributed by atoms with Gasteiger partial charge in [-0.25, -0.2) is 18.6 Å². The third-order valence-electron chi connectivity index (χ3n) is 4.61. The van der Waals surface area contributed by atoms with Crippen molar-refractivity contribution in [1.29, 1.82) is 0 Å². The highest BCUT2D eigenvalue weighted by Crippen LogP contribution is 2.37. The van der Waals surface area contributed by atoms with Crippen LogP contribution in [0.25, 0.3) is 0 Å². The second kappa shape index (κ2) is 7.22. The molecule has 0 spiro atoms. The first kappa shape index (κ1) is 20.0. The van der Waals surface area contributed by atoms with Gasteiger partial charge in [-0.15, -0.1) is 0 Å². The molecule has 2 aromatic rings. The number of amides is 1. The standard InChI is InChI=1S/C17H21F2N7O4/c1-16(2,13-23-14(20)30-25-13)24-15(27)29-10-5-21-11(26-7-17(18,19)8-26)12(22-10)28-6-9-3-4-9/h5,9H,3-4,6-8H2,1-2H3,(H,24,27)(H2,20,23,25). The Kier molecular flexibility index (Phi) is 4.82. The minimum absolute atomic E-state index is 0.0490. The van der Waals surface area contributed by atoms with Crippen LogP contribution in [0.4, 0.5) is 25.4 Å². The first-order valence-corrected chi connectivity index (χ1v) is 9.33. The van der Waals surface area contributed by atoms with E-state index in [-0.39, 0.29) is 29.4 Å². The highest BCUT2D eigenvalue weighted by molar-refractivity contribution is 5.71. The van der Waals surface area contributed by atoms with E-state index in [2.05, 4.69) is 25.4 Å². The average molecular weight is 425 g/mol. The Balaban J connectivity index is 1.45. The molecular formula is C17H21F2N7O4. The molecule has 2 aromatic heterocycles. The van der Waals surface area contributed by atoms with Crippen molar-refractivity contribution in [1.82, 2.24) is 25.4 Å². The number of nitrogens with zero attached hydrogens (tertiary/aromatic N) is 5. The van der Waals surface area contributed by atoms with Gasteiger partial charge in [0.05, 0.1) is 25.9 Å². The summed E-state index contributed by atoms with van der Waals surface area (Å²) in [6, 6.07) is -0.135. The molecule has 2 aliphatic rings. The zero-order valence-electron chi connectivity index (χ0n) is 16.4. The maximum absolute atomic E-state index is 13.2. The largest absolute Gasteiger partial charge is 0.475 e. The molecular weight excluding hydrogens is 404 g/mol. The van der Waals surface area contributed by atoms with Crippen LogP contribution in [-0.2, 0) is 5.54 Å². The SMILES string of the molecule is CC(C)(NC(=O)Oc1cnc(N2CC(F)(F)C2)c(OCC2CC2)n1)c1noc(N)n1. The van der Waals surface area contributed by atoms with E-state index in [0.717, 1.165) is 12.8 Å². The summed E-state index contributed by atoms with van der Waals surface area (Å²) in [5, 5.41) is 6.24. The van der Waals surface area contributed by atoms with Crippen LogP contribution in [0.1, 0.15) is 32.5 Å². The van der Waals surface area contributed by atoms with E-state index in [9.17, 15) is 13.6 Å². The second-order valence-corrected chi connectivity index (χ2v) is 7.90. The van der Waals surface area contributed by atoms with Gasteiger partial charge < -0.3 is 29.9 Å². The molecule has 1 saturated heterocycles. The maximum Gasteiger partial charge on any atom is 0.414 e. The summed E-state index contributed by atoms with van der Waals surface area (Å²) in [5.41, 5.74) is 4.36. The average Bonchev–Trinajstić information content (AvgIpc) is 3.35. The van der Waals surface area contributed by atoms with Crippen molar-refractivity contribution in [3.05, 3.63) is 12.0 Å². The third kappa shape index (κ3) is 4.49. The number of hydrogen-bond donors (Lipinski definition) is 2. The molecule has 3 N–H and O–H groups in total. The number of halogens is 2. The Labute approximate surface area is 169 Å². The lowest BCUT2D eigenvalue weighted by Crippen LogP contribution is -2.56. The van der Waals surface area contributed by atoms with Gasteiger partial charge in [-0.3, -0.25) is 0 Å². The summed E-state index contributed by atoms with van der Waals surface area (Å²) >= 11 is 0. The fraction of sp³-hybridized carbons (Fsp3) is 0.588. The normalized spacial score (nSPS) is 17.9. The van der Waals surface area contributed by atoms with Gasteiger partial charge in [0.1, 0.15) is 5.54 Å². The molecule has 0 atom stereocenters. The Morgan fingerprint density at radius 2 is 2.13 bits per heavy atom. The molecule has 0 bridgehead atoms. The van der Waals surface area contributed by atoms with Crippen LogP contribution in [0.3, 0.4) is 0 Å². The van der Waals surface area contributed by atoms with Gasteiger partial charge in [-0.2, -0.15) is 9.97 Å². The quantitative estimate of drug-likeness (QED) is 0.673. The second-order valence-electron chi connectivity index (χ2n) is 7.90. The number of alkyl halides is 2. The highest BCUT2D eigenvalue weighted by Gasteiger charge is 2.46. The molecule has 162 valence electrons. The van der Waals surface area contributed by atoms with Crippen LogP contribution >= 0.6 is 0 Å². The van der Waals surface area contributed by atoms with Crippen molar-refractivity contribution in [2.24, 2.45) is 5.92 Å². The molecule has 2 fully saturated rings. The smallest absolute Gasteiger partial charge is 0.414 e. The van der Waals surface area contributed by atoms with E-state index < -0.39 is 30.6 Å². The van der Waals surface area contributed by atoms with E-state index in [4.69, 9.17) is 19.7 Å². The van der Waals surface area contributed by atoms with Crippen LogP contribution < -0.4 is 25.4 Å². The van der Waals surface area contributed by atoms with Crippen LogP contribution in [0.5, 0.6) is 11.8 Å². The van der Waals surface area contributed by atoms with Crippen molar-refractivity contribution in [2.45, 2.75) is 38.2 Å². The van der Waals surface area contributed by atoms with Gasteiger partial charge >= 0.3 is 12.1 Å². The topological polar surface area (TPSA) is 142 Å². The van der Waals surface area contributed by atoms with Gasteiger partial charge in [-0.1, -0.05) is 5.16 Å². The molecule has 0 aromatic carbocycles. The third-order valence-corrected chi connectivity index (χ3v) is 4.61. The number of carbonyl (C=O) groups is 1. The lowest BCUT2D eigenvalue weighted by atomic mass is 10.1. The van der Waals surface area contributed by atoms with Gasteiger partial charge in [-0.05, 0) is 32.6 Å². The molecule has 3 heterocycles. The van der Waals surface area contributed by atoms with Crippen LogP contribution in [0.2, 0.25) is 0 Å². The number of anilines is 2. The number of nitrogens with two attached hydrogens (primary N) is 1. The maximum atomic E-state index is 13.2. The fourth-order valence-electron chi connectivity index (χ4n) is 2.78. The molecule has 1 amide bonds. The minimum Gasteiger partial charge on any atom is -0.475 e. The Morgan fingerprint density at radius 3 is 2.73 bits per heavy atom. The number of ether oxygens (including phenoxy) is 2. The number of hydrogen-bond acceptors (Lipinski definition) is 10. The van der Waals surface area contributed by atoms with Crippen molar-refractivity contribution < 1.29 is 27.6 Å². The number of aromatic nitrogens is 4. The summed E-state index contributed by atoms with van der Waals surface area (Å²) in [6.45, 7) is 2.71. The molecule has 13 heteroatoms. The molecule has 30 heavy (non-hydrogen) atoms. The Hall–Kier alpha value is -3.25. The van der Waals surface area contributed by atoms with Crippen molar-refractivity contribution in [2.75, 3.05) is 30.3 Å². The van der Waals surface area contributed by atoms with Gasteiger partial charge in [0.15, 0.2) is 11.6 Å². The molecule has 1 saturated carbocycles. The molecule has 4 rings (SSSR count). The van der Waals surface area contributed by atoms with E-state index in [1.807, 2.05) is 0 Å². The molecule has 0 radical (unpaired) electrons. The Bertz CT molecular complexity index is 940. The Morgan fingerprint density at radius 1 is 1.40 bits per heavy atom. The fourth-order valence-corrected chi connectivity index (χ4v) is 2.78. The molecule has 1 aliphatic carbocycles. The lowest BCUT2D eigenvalue weighted by Gasteiger charge is -2.39.